The van der Waals surface area contributed by atoms with Crippen LogP contribution in [0.3, 0.4) is 0 Å². The van der Waals surface area contributed by atoms with E-state index < -0.39 is 6.10 Å². The number of rotatable bonds is 3. The highest BCUT2D eigenvalue weighted by Crippen LogP contribution is 2.35. The molecule has 3 atom stereocenters. The van der Waals surface area contributed by atoms with Gasteiger partial charge in [0.25, 0.3) is 0 Å². The summed E-state index contributed by atoms with van der Waals surface area (Å²) in [6.07, 6.45) is -0.173. The van der Waals surface area contributed by atoms with Crippen LogP contribution in [0.1, 0.15) is 32.4 Å². The summed E-state index contributed by atoms with van der Waals surface area (Å²) in [7, 11) is 1.63. The van der Waals surface area contributed by atoms with Crippen molar-refractivity contribution in [3.8, 4) is 5.75 Å². The van der Waals surface area contributed by atoms with E-state index in [2.05, 4.69) is 18.7 Å². The molecule has 1 heterocycles. The van der Waals surface area contributed by atoms with E-state index in [0.717, 1.165) is 30.1 Å². The maximum atomic E-state index is 10.0. The van der Waals surface area contributed by atoms with E-state index in [1.54, 1.807) is 14.0 Å². The third-order valence-electron chi connectivity index (χ3n) is 3.44. The SMILES string of the molecule is COc1cccc(N2CC(C)OC(C)C2)c1[C@@H](C)O. The van der Waals surface area contributed by atoms with Gasteiger partial charge in [0.2, 0.25) is 0 Å². The molecule has 0 spiro atoms. The summed E-state index contributed by atoms with van der Waals surface area (Å²) in [5.41, 5.74) is 1.89. The fourth-order valence-electron chi connectivity index (χ4n) is 2.78. The zero-order valence-electron chi connectivity index (χ0n) is 12.1. The van der Waals surface area contributed by atoms with Crippen molar-refractivity contribution in [1.29, 1.82) is 0 Å². The molecule has 0 aromatic heterocycles. The van der Waals surface area contributed by atoms with E-state index >= 15 is 0 Å². The number of anilines is 1. The minimum atomic E-state index is -0.556. The van der Waals surface area contributed by atoms with E-state index in [4.69, 9.17) is 9.47 Å². The van der Waals surface area contributed by atoms with Crippen LogP contribution in [0.4, 0.5) is 5.69 Å². The third-order valence-corrected chi connectivity index (χ3v) is 3.44. The number of ether oxygens (including phenoxy) is 2. The Morgan fingerprint density at radius 1 is 1.32 bits per heavy atom. The van der Waals surface area contributed by atoms with Gasteiger partial charge in [-0.2, -0.15) is 0 Å². The fourth-order valence-corrected chi connectivity index (χ4v) is 2.78. The van der Waals surface area contributed by atoms with Crippen molar-refractivity contribution < 1.29 is 14.6 Å². The van der Waals surface area contributed by atoms with E-state index in [1.807, 2.05) is 18.2 Å². The summed E-state index contributed by atoms with van der Waals surface area (Å²) < 4.78 is 11.1. The molecule has 1 aliphatic rings. The summed E-state index contributed by atoms with van der Waals surface area (Å²) in [4.78, 5) is 2.27. The Labute approximate surface area is 114 Å². The number of aliphatic hydroxyl groups is 1. The van der Waals surface area contributed by atoms with Gasteiger partial charge in [0.15, 0.2) is 0 Å². The van der Waals surface area contributed by atoms with Crippen LogP contribution in [0.5, 0.6) is 5.75 Å². The standard InChI is InChI=1S/C15H23NO3/c1-10-8-16(9-11(2)19-10)13-6-5-7-14(18-4)15(13)12(3)17/h5-7,10-12,17H,8-9H2,1-4H3/t10?,11?,12-/m1/s1. The number of methoxy groups -OCH3 is 1. The molecule has 1 N–H and O–H groups in total. The van der Waals surface area contributed by atoms with Crippen molar-refractivity contribution in [2.24, 2.45) is 0 Å². The van der Waals surface area contributed by atoms with E-state index in [9.17, 15) is 5.11 Å². The molecule has 0 radical (unpaired) electrons. The van der Waals surface area contributed by atoms with Gasteiger partial charge in [-0.3, -0.25) is 0 Å². The quantitative estimate of drug-likeness (QED) is 0.911. The number of aliphatic hydroxyl groups excluding tert-OH is 1. The Balaban J connectivity index is 2.38. The Morgan fingerprint density at radius 2 is 1.95 bits per heavy atom. The molecule has 1 fully saturated rings. The van der Waals surface area contributed by atoms with Gasteiger partial charge in [0.05, 0.1) is 25.4 Å². The highest BCUT2D eigenvalue weighted by molar-refractivity contribution is 5.60. The first-order valence-electron chi connectivity index (χ1n) is 6.78. The molecule has 1 aromatic carbocycles. The fraction of sp³-hybridized carbons (Fsp3) is 0.600. The van der Waals surface area contributed by atoms with Gasteiger partial charge < -0.3 is 19.5 Å². The lowest BCUT2D eigenvalue weighted by atomic mass is 10.0. The molecule has 4 nitrogen and oxygen atoms in total. The van der Waals surface area contributed by atoms with Gasteiger partial charge in [0.1, 0.15) is 5.75 Å². The predicted molar refractivity (Wildman–Crippen MR) is 75.8 cm³/mol. The molecule has 0 bridgehead atoms. The molecule has 0 amide bonds. The van der Waals surface area contributed by atoms with Crippen LogP contribution in [-0.2, 0) is 4.74 Å². The molecule has 0 saturated carbocycles. The maximum absolute atomic E-state index is 10.0. The molecule has 0 aliphatic carbocycles. The molecule has 2 unspecified atom stereocenters. The number of benzene rings is 1. The molecule has 2 rings (SSSR count). The minimum Gasteiger partial charge on any atom is -0.496 e. The molecule has 19 heavy (non-hydrogen) atoms. The summed E-state index contributed by atoms with van der Waals surface area (Å²) >= 11 is 0. The van der Waals surface area contributed by atoms with Gasteiger partial charge in [-0.1, -0.05) is 6.07 Å². The summed E-state index contributed by atoms with van der Waals surface area (Å²) in [5, 5.41) is 10.0. The second-order valence-electron chi connectivity index (χ2n) is 5.23. The summed E-state index contributed by atoms with van der Waals surface area (Å²) in [5.74, 6) is 0.735. The van der Waals surface area contributed by atoms with E-state index in [0.29, 0.717) is 0 Å². The molecule has 4 heteroatoms. The van der Waals surface area contributed by atoms with Crippen LogP contribution in [-0.4, -0.2) is 37.5 Å². The van der Waals surface area contributed by atoms with Crippen LogP contribution >= 0.6 is 0 Å². The van der Waals surface area contributed by atoms with Crippen molar-refractivity contribution in [2.75, 3.05) is 25.1 Å². The zero-order valence-corrected chi connectivity index (χ0v) is 12.1. The van der Waals surface area contributed by atoms with Crippen LogP contribution < -0.4 is 9.64 Å². The van der Waals surface area contributed by atoms with Gasteiger partial charge in [-0.15, -0.1) is 0 Å². The second kappa shape index (κ2) is 5.80. The number of morpholine rings is 1. The van der Waals surface area contributed by atoms with Gasteiger partial charge in [0, 0.05) is 24.3 Å². The molecule has 1 aromatic rings. The first-order valence-corrected chi connectivity index (χ1v) is 6.78. The lowest BCUT2D eigenvalue weighted by Gasteiger charge is -2.38. The Hall–Kier alpha value is -1.26. The minimum absolute atomic E-state index is 0.191. The Morgan fingerprint density at radius 3 is 2.47 bits per heavy atom. The second-order valence-corrected chi connectivity index (χ2v) is 5.23. The number of nitrogens with zero attached hydrogens (tertiary/aromatic N) is 1. The van der Waals surface area contributed by atoms with Crippen molar-refractivity contribution in [1.82, 2.24) is 0 Å². The summed E-state index contributed by atoms with van der Waals surface area (Å²) in [6, 6.07) is 5.89. The molecule has 1 aliphatic heterocycles. The lowest BCUT2D eigenvalue weighted by molar-refractivity contribution is -0.00540. The van der Waals surface area contributed by atoms with Crippen LogP contribution in [0.25, 0.3) is 0 Å². The van der Waals surface area contributed by atoms with Crippen LogP contribution in [0.2, 0.25) is 0 Å². The predicted octanol–water partition coefficient (Wildman–Crippen LogP) is 2.36. The Bertz CT molecular complexity index is 423. The number of hydrogen-bond donors (Lipinski definition) is 1. The average Bonchev–Trinajstić information content (AvgIpc) is 2.36. The van der Waals surface area contributed by atoms with Gasteiger partial charge in [-0.25, -0.2) is 0 Å². The molecular weight excluding hydrogens is 242 g/mol. The van der Waals surface area contributed by atoms with E-state index in [-0.39, 0.29) is 12.2 Å². The van der Waals surface area contributed by atoms with Crippen molar-refractivity contribution in [3.63, 3.8) is 0 Å². The van der Waals surface area contributed by atoms with Crippen LogP contribution in [0, 0.1) is 0 Å². The van der Waals surface area contributed by atoms with Gasteiger partial charge >= 0.3 is 0 Å². The average molecular weight is 265 g/mol. The topological polar surface area (TPSA) is 41.9 Å². The normalized spacial score (nSPS) is 25.2. The number of hydrogen-bond acceptors (Lipinski definition) is 4. The molecule has 1 saturated heterocycles. The van der Waals surface area contributed by atoms with E-state index in [1.165, 1.54) is 0 Å². The van der Waals surface area contributed by atoms with Gasteiger partial charge in [-0.05, 0) is 32.9 Å². The third kappa shape index (κ3) is 3.01. The molecular formula is C15H23NO3. The van der Waals surface area contributed by atoms with Crippen molar-refractivity contribution >= 4 is 5.69 Å². The Kier molecular flexibility index (Phi) is 4.32. The first-order chi connectivity index (χ1) is 9.02. The smallest absolute Gasteiger partial charge is 0.126 e. The monoisotopic (exact) mass is 265 g/mol. The zero-order chi connectivity index (χ0) is 14.0. The maximum Gasteiger partial charge on any atom is 0.126 e. The first kappa shape index (κ1) is 14.2. The molecule has 106 valence electrons. The van der Waals surface area contributed by atoms with Crippen molar-refractivity contribution in [3.05, 3.63) is 23.8 Å². The largest absolute Gasteiger partial charge is 0.496 e. The van der Waals surface area contributed by atoms with Crippen LogP contribution in [0.15, 0.2) is 18.2 Å². The lowest BCUT2D eigenvalue weighted by Crippen LogP contribution is -2.45. The highest BCUT2D eigenvalue weighted by atomic mass is 16.5. The van der Waals surface area contributed by atoms with Crippen molar-refractivity contribution in [2.45, 2.75) is 39.1 Å². The highest BCUT2D eigenvalue weighted by Gasteiger charge is 2.26. The summed E-state index contributed by atoms with van der Waals surface area (Å²) in [6.45, 7) is 7.58.